The predicted molar refractivity (Wildman–Crippen MR) is 559 cm³/mol. The van der Waals surface area contributed by atoms with Crippen LogP contribution in [-0.4, -0.2) is 256 Å². The lowest BCUT2D eigenvalue weighted by Gasteiger charge is -2.45. The van der Waals surface area contributed by atoms with Crippen molar-refractivity contribution >= 4 is 116 Å². The molecule has 7 atom stereocenters. The largest absolute Gasteiger partial charge is 0.482 e. The van der Waals surface area contributed by atoms with Crippen LogP contribution in [0.1, 0.15) is 281 Å². The maximum atomic E-state index is 12.3. The fourth-order valence-electron chi connectivity index (χ4n) is 14.8. The van der Waals surface area contributed by atoms with E-state index in [-0.39, 0.29) is 159 Å². The van der Waals surface area contributed by atoms with Gasteiger partial charge in [-0.15, -0.1) is 0 Å². The van der Waals surface area contributed by atoms with Gasteiger partial charge in [0.25, 0.3) is 31.5 Å². The molecule has 1 aliphatic carbocycles. The lowest BCUT2D eigenvalue weighted by molar-refractivity contribution is -0.134. The van der Waals surface area contributed by atoms with Gasteiger partial charge in [-0.05, 0) is 255 Å². The van der Waals surface area contributed by atoms with Gasteiger partial charge in [0.05, 0.1) is 73.6 Å². The van der Waals surface area contributed by atoms with E-state index in [0.29, 0.717) is 104 Å². The average Bonchev–Trinajstić information content (AvgIpc) is 1.63. The number of H-pyrrole nitrogens is 2. The third kappa shape index (κ3) is 42.0. The minimum Gasteiger partial charge on any atom is -0.482 e. The van der Waals surface area contributed by atoms with Crippen LogP contribution >= 0.6 is 17.0 Å². The first-order chi connectivity index (χ1) is 65.2. The quantitative estimate of drug-likeness (QED) is 0.00977. The topological polar surface area (TPSA) is 468 Å². The molecule has 8 heterocycles. The molecule has 1 saturated carbocycles. The Morgan fingerprint density at radius 1 is 0.600 bits per heavy atom. The molecular formula is C97H159B3N22O16P2. The molecule has 38 nitrogen and oxygen atoms in total. The molecule has 6 radical (unpaired) electrons. The number of aliphatic carboxylic acids is 1. The lowest BCUT2D eigenvalue weighted by Crippen LogP contribution is -2.43. The SMILES string of the molecule is CC(=O)Nc1ccn(C(C)(C)C)c(=O)n1.CC(C)(C)n1cnc2c(NC(=O)c3ccccc3)ncnc21.CC(C)C(=O)Nc1nc2c(ncn2C(C)(C)C)c(=O)[nH]1.CC(C)N(C(C)C)P(OCCC#N)N(C(C)C)C(C)C.CC[C@H]1CC[C@H](O)C1.Cc1cn(C(C)(C)C)c(=O)[nH]c1=O.[B]CC(=O)N1C[C@H](O)C[C@H]1CC.[B]CC(=O)N1C[C@H](OP(OCC[N+]#[C-])N(C(C)C)C(C)C)C[C@H]1CC.[B]CC(=O)O. The molecule has 1 aromatic carbocycles. The molecule has 8 N–H and O–H groups in total. The van der Waals surface area contributed by atoms with Crippen molar-refractivity contribution in [2.75, 3.05) is 48.8 Å². The molecule has 140 heavy (non-hydrogen) atoms. The zero-order valence-electron chi connectivity index (χ0n) is 88.8. The van der Waals surface area contributed by atoms with E-state index in [9.17, 15) is 53.1 Å². The molecular weight excluding hydrogens is 1820 g/mol. The summed E-state index contributed by atoms with van der Waals surface area (Å²) < 4.78 is 32.3. The first kappa shape index (κ1) is 126. The van der Waals surface area contributed by atoms with E-state index in [1.54, 1.807) is 68.9 Å². The van der Waals surface area contributed by atoms with E-state index in [1.165, 1.54) is 35.2 Å². The number of imidazole rings is 2. The Bertz CT molecular complexity index is 5280. The van der Waals surface area contributed by atoms with Crippen LogP contribution < -0.4 is 38.4 Å². The molecule has 0 spiro atoms. The molecule has 0 bridgehead atoms. The second kappa shape index (κ2) is 60.6. The summed E-state index contributed by atoms with van der Waals surface area (Å²) >= 11 is 0. The predicted octanol–water partition coefficient (Wildman–Crippen LogP) is 14.7. The zero-order valence-corrected chi connectivity index (χ0v) is 90.5. The van der Waals surface area contributed by atoms with Gasteiger partial charge in [0.1, 0.15) is 18.8 Å². The number of aryl methyl sites for hydroxylation is 1. The van der Waals surface area contributed by atoms with Gasteiger partial charge in [-0.1, -0.05) is 59.2 Å². The maximum absolute atomic E-state index is 12.3. The van der Waals surface area contributed by atoms with Gasteiger partial charge in [-0.2, -0.15) is 15.2 Å². The zero-order chi connectivity index (χ0) is 107. The van der Waals surface area contributed by atoms with E-state index in [0.717, 1.165) is 38.0 Å². The third-order valence-electron chi connectivity index (χ3n) is 21.7. The lowest BCUT2D eigenvalue weighted by atomic mass is 10.0. The highest BCUT2D eigenvalue weighted by Crippen LogP contribution is 2.51. The first-order valence-electron chi connectivity index (χ1n) is 48.1. The molecule has 7 aromatic rings. The number of aliphatic hydroxyl groups excluding tert-OH is 2. The summed E-state index contributed by atoms with van der Waals surface area (Å²) in [6.07, 6.45) is 15.7. The highest BCUT2D eigenvalue weighted by Gasteiger charge is 2.40. The second-order valence-corrected chi connectivity index (χ2v) is 43.0. The van der Waals surface area contributed by atoms with Crippen LogP contribution in [0.3, 0.4) is 0 Å². The van der Waals surface area contributed by atoms with Crippen molar-refractivity contribution in [3.63, 3.8) is 0 Å². The maximum Gasteiger partial charge on any atom is 0.349 e. The van der Waals surface area contributed by atoms with Crippen molar-refractivity contribution in [2.45, 2.75) is 380 Å². The number of likely N-dealkylation sites (tertiary alicyclic amines) is 2. The van der Waals surface area contributed by atoms with E-state index in [1.807, 2.05) is 101 Å². The van der Waals surface area contributed by atoms with Crippen LogP contribution in [0.4, 0.5) is 17.6 Å². The molecule has 3 aliphatic rings. The van der Waals surface area contributed by atoms with Gasteiger partial charge in [0, 0.05) is 126 Å². The van der Waals surface area contributed by atoms with Crippen molar-refractivity contribution in [3.8, 4) is 6.07 Å². The Kier molecular flexibility index (Phi) is 54.7. The van der Waals surface area contributed by atoms with Gasteiger partial charge < -0.3 is 63.3 Å². The van der Waals surface area contributed by atoms with Crippen LogP contribution in [0.2, 0.25) is 19.0 Å². The first-order valence-corrected chi connectivity index (χ1v) is 50.3. The second-order valence-electron chi connectivity index (χ2n) is 39.9. The number of aromatic nitrogens is 12. The van der Waals surface area contributed by atoms with Crippen LogP contribution in [0, 0.1) is 36.7 Å². The third-order valence-corrected chi connectivity index (χ3v) is 26.9. The van der Waals surface area contributed by atoms with Crippen molar-refractivity contribution in [2.24, 2.45) is 11.8 Å². The van der Waals surface area contributed by atoms with Crippen LogP contribution in [0.25, 0.3) is 27.2 Å². The van der Waals surface area contributed by atoms with Gasteiger partial charge in [-0.3, -0.25) is 62.8 Å². The number of hydrogen-bond acceptors (Lipinski definition) is 25. The van der Waals surface area contributed by atoms with E-state index >= 15 is 0 Å². The van der Waals surface area contributed by atoms with Crippen molar-refractivity contribution < 1.29 is 57.7 Å². The summed E-state index contributed by atoms with van der Waals surface area (Å²) in [6.45, 7) is 71.8. The number of aromatic amines is 2. The number of carbonyl (C=O) groups excluding carboxylic acids is 5. The van der Waals surface area contributed by atoms with E-state index in [4.69, 9.17) is 51.3 Å². The average molecular weight is 1980 g/mol. The minimum atomic E-state index is -1.27. The summed E-state index contributed by atoms with van der Waals surface area (Å²) in [5.74, 6) is -0.226. The smallest absolute Gasteiger partial charge is 0.349 e. The Balaban J connectivity index is 0.000000545. The van der Waals surface area contributed by atoms with E-state index < -0.39 is 22.9 Å². The van der Waals surface area contributed by atoms with Gasteiger partial charge in [0.2, 0.25) is 36.1 Å². The van der Waals surface area contributed by atoms with Crippen LogP contribution in [0.5, 0.6) is 0 Å². The summed E-state index contributed by atoms with van der Waals surface area (Å²) in [6, 6.07) is 15.4. The number of β-amino-alcohol motifs (C(OH)–C–C–N with tert-alkyl or cyclic N) is 1. The molecule has 772 valence electrons. The van der Waals surface area contributed by atoms with Crippen LogP contribution in [-0.2, 0) is 59.7 Å². The number of nitrogens with one attached hydrogen (secondary N) is 5. The molecule has 5 amide bonds. The number of benzene rings is 1. The number of nitriles is 1. The Hall–Kier alpha value is -9.79. The fourth-order valence-corrected chi connectivity index (χ4v) is 18.9. The Morgan fingerprint density at radius 2 is 1.11 bits per heavy atom. The highest BCUT2D eigenvalue weighted by molar-refractivity contribution is 7.47. The number of carbonyl (C=O) groups is 6. The van der Waals surface area contributed by atoms with Crippen molar-refractivity contribution in [3.05, 3.63) is 132 Å². The van der Waals surface area contributed by atoms with Crippen LogP contribution in [0.15, 0.2) is 87.0 Å². The minimum absolute atomic E-state index is 0.0271. The molecule has 43 heteroatoms. The number of rotatable bonds is 28. The molecule has 2 saturated heterocycles. The van der Waals surface area contributed by atoms with Gasteiger partial charge in [0.15, 0.2) is 36.6 Å². The normalized spacial score (nSPS) is 16.5. The standard InChI is InChI=1S/C17H31BN3O3P.C16H17N5O.C15H32N3OP.C13H19N5O2.C10H15N3O2.C9H14N2O2.C8H14BNO2.C7H14O.C2H3BO2/c1-7-15-10-16(12-20(15)17(22)11-18)24-25(23-9-8-19-6)21(13(2)3)14(4)5;1-16(2,3)21-10-19-12-13(17-9-18-14(12)21)20-15(22)11-7-5-4-6-8-11;1-12(2)17(13(3)4)20(19-11-9-10-16)18(14(5)6)15(7)8;1-7(2)10(19)16-12-15-9-8(11(20)17-12)14-6-18(9)13(3,4)5;1-7(14)11-8-5-6-13(9(15)12-8)10(2,3)4;1-6-5-11(9(2,3)4)8(13)10-7(6)12;1-2-6-3-7(11)5-10(6)8(12)4-9;1-2-6-3-4-7(8)5-6;3-1-2(4)5/h13-16H,7-12H2,1-5H3;4-10H,1-3H3,(H,17,18,20,22);12-15H,9,11H2,1-8H3;6-7H,1-5H3,(H2,15,16,17,19,20);5-6H,1-4H3,(H,11,12,14,15);5H,1-4H3,(H,10,12,13);6-7,11H,2-5H2,1H3;6-8H,2-5H2,1H3;1H2,(H,4,5)/t15-,16-,25?;;;;;;2*6-,7-;/m1.....10./s1. The number of hydrogen-bond donors (Lipinski definition) is 8. The van der Waals surface area contributed by atoms with Crippen molar-refractivity contribution in [1.29, 1.82) is 5.26 Å². The highest BCUT2D eigenvalue weighted by atomic mass is 31.2. The number of carboxylic acids is 1. The van der Waals surface area contributed by atoms with E-state index in [2.05, 4.69) is 206 Å². The fraction of sp³-hybridized carbons (Fsp3) is 0.670. The van der Waals surface area contributed by atoms with Gasteiger partial charge in [-0.25, -0.2) is 50.1 Å². The van der Waals surface area contributed by atoms with Gasteiger partial charge >= 0.3 is 11.4 Å². The molecule has 10 rings (SSSR count). The molecule has 2 aliphatic heterocycles. The summed E-state index contributed by atoms with van der Waals surface area (Å²) in [5, 5.41) is 42.5. The summed E-state index contributed by atoms with van der Waals surface area (Å²) in [5.41, 5.74) is 0.720. The Morgan fingerprint density at radius 3 is 1.54 bits per heavy atom. The Labute approximate surface area is 835 Å². The number of anilines is 3. The molecule has 6 aromatic heterocycles. The number of amides is 5. The number of nitrogens with zero attached hydrogens (tertiary/aromatic N) is 17. The summed E-state index contributed by atoms with van der Waals surface area (Å²) in [4.78, 5) is 150. The van der Waals surface area contributed by atoms with Crippen molar-refractivity contribution in [1.82, 2.24) is 82.0 Å². The monoisotopic (exact) mass is 1980 g/mol. The summed E-state index contributed by atoms with van der Waals surface area (Å²) in [7, 11) is 13.2. The number of fused-ring (bicyclic) bond motifs is 2. The molecule has 1 unspecified atom stereocenters. The number of carboxylic acid groups (broad SMARTS) is 1. The number of aliphatic hydroxyl groups is 2. The molecule has 3 fully saturated rings.